The van der Waals surface area contributed by atoms with Crippen LogP contribution in [0.25, 0.3) is 10.9 Å². The molecule has 0 saturated heterocycles. The summed E-state index contributed by atoms with van der Waals surface area (Å²) in [6.07, 6.45) is 0. The van der Waals surface area contributed by atoms with Crippen molar-refractivity contribution in [2.75, 3.05) is 14.2 Å². The summed E-state index contributed by atoms with van der Waals surface area (Å²) in [5.41, 5.74) is 0.225. The van der Waals surface area contributed by atoms with Crippen molar-refractivity contribution >= 4 is 28.4 Å². The first-order valence-electron chi connectivity index (χ1n) is 11.9. The summed E-state index contributed by atoms with van der Waals surface area (Å²) in [4.78, 5) is 39.5. The summed E-state index contributed by atoms with van der Waals surface area (Å²) in [7, 11) is 2.88. The van der Waals surface area contributed by atoms with Gasteiger partial charge in [0.1, 0.15) is 5.82 Å². The Bertz CT molecular complexity index is 1610. The van der Waals surface area contributed by atoms with Gasteiger partial charge in [-0.3, -0.25) is 18.7 Å². The molecule has 0 unspecified atom stereocenters. The number of benzene rings is 3. The molecule has 0 spiro atoms. The van der Waals surface area contributed by atoms with Gasteiger partial charge < -0.3 is 14.8 Å². The Morgan fingerprint density at radius 3 is 2.24 bits per heavy atom. The van der Waals surface area contributed by atoms with Gasteiger partial charge >= 0.3 is 5.69 Å². The van der Waals surface area contributed by atoms with Crippen LogP contribution in [0.15, 0.2) is 64.2 Å². The molecule has 0 atom stereocenters. The number of fused-ring (bicyclic) bond motifs is 1. The van der Waals surface area contributed by atoms with E-state index in [2.05, 4.69) is 5.32 Å². The van der Waals surface area contributed by atoms with Crippen LogP contribution < -0.4 is 26.0 Å². The largest absolute Gasteiger partial charge is 0.493 e. The number of nitrogens with zero attached hydrogens (tertiary/aromatic N) is 2. The van der Waals surface area contributed by atoms with E-state index in [1.54, 1.807) is 24.3 Å². The maximum absolute atomic E-state index is 14.7. The van der Waals surface area contributed by atoms with Gasteiger partial charge in [-0.05, 0) is 49.7 Å². The fraction of sp³-hybridized carbons (Fsp3) is 0.250. The Morgan fingerprint density at radius 1 is 0.974 bits per heavy atom. The van der Waals surface area contributed by atoms with E-state index < -0.39 is 17.1 Å². The minimum absolute atomic E-state index is 0.0182. The Morgan fingerprint density at radius 2 is 1.63 bits per heavy atom. The van der Waals surface area contributed by atoms with Crippen LogP contribution in [-0.4, -0.2) is 35.3 Å². The molecule has 0 saturated carbocycles. The molecule has 0 bridgehead atoms. The zero-order valence-electron chi connectivity index (χ0n) is 21.4. The second kappa shape index (κ2) is 11.1. The predicted molar refractivity (Wildman–Crippen MR) is 144 cm³/mol. The van der Waals surface area contributed by atoms with Crippen molar-refractivity contribution in [1.29, 1.82) is 0 Å². The third-order valence-electron chi connectivity index (χ3n) is 6.08. The molecule has 1 heterocycles. The fourth-order valence-electron chi connectivity index (χ4n) is 4.17. The number of methoxy groups -OCH3 is 2. The van der Waals surface area contributed by atoms with Gasteiger partial charge in [-0.15, -0.1) is 0 Å². The third kappa shape index (κ3) is 5.28. The van der Waals surface area contributed by atoms with Crippen molar-refractivity contribution in [2.45, 2.75) is 33.0 Å². The summed E-state index contributed by atoms with van der Waals surface area (Å²) in [6.45, 7) is 3.44. The van der Waals surface area contributed by atoms with Crippen LogP contribution in [0.4, 0.5) is 4.39 Å². The monoisotopic (exact) mass is 539 g/mol. The van der Waals surface area contributed by atoms with E-state index in [1.165, 1.54) is 49.1 Å². The molecule has 10 heteroatoms. The maximum Gasteiger partial charge on any atom is 0.332 e. The van der Waals surface area contributed by atoms with Crippen LogP contribution in [0.5, 0.6) is 11.5 Å². The van der Waals surface area contributed by atoms with Crippen LogP contribution in [0.2, 0.25) is 5.02 Å². The molecule has 0 fully saturated rings. The second-order valence-corrected chi connectivity index (χ2v) is 9.42. The number of carbonyl (C=O) groups excluding carboxylic acids is 1. The van der Waals surface area contributed by atoms with Gasteiger partial charge in [-0.1, -0.05) is 29.8 Å². The van der Waals surface area contributed by atoms with Crippen molar-refractivity contribution in [1.82, 2.24) is 14.5 Å². The van der Waals surface area contributed by atoms with Crippen molar-refractivity contribution in [3.05, 3.63) is 103 Å². The van der Waals surface area contributed by atoms with Crippen LogP contribution in [0, 0.1) is 5.82 Å². The molecular formula is C28H27ClFN3O5. The Balaban J connectivity index is 1.88. The van der Waals surface area contributed by atoms with Crippen LogP contribution in [0.1, 0.15) is 35.3 Å². The van der Waals surface area contributed by atoms with E-state index in [-0.39, 0.29) is 46.5 Å². The summed E-state index contributed by atoms with van der Waals surface area (Å²) >= 11 is 6.26. The lowest BCUT2D eigenvalue weighted by Crippen LogP contribution is -2.40. The number of hydrogen-bond acceptors (Lipinski definition) is 5. The highest BCUT2D eigenvalue weighted by Crippen LogP contribution is 2.31. The lowest BCUT2D eigenvalue weighted by Gasteiger charge is -2.17. The molecule has 0 radical (unpaired) electrons. The lowest BCUT2D eigenvalue weighted by molar-refractivity contribution is 0.0943. The highest BCUT2D eigenvalue weighted by atomic mass is 35.5. The van der Waals surface area contributed by atoms with Crippen molar-refractivity contribution in [3.63, 3.8) is 0 Å². The Hall–Kier alpha value is -4.11. The number of ether oxygens (including phenoxy) is 2. The SMILES string of the molecule is COc1cc2c(=O)n(Cc3ccc(C(=O)NC(C)C)cc3)c(=O)n(Cc3c(F)cccc3Cl)c2cc1OC. The normalized spacial score (nSPS) is 11.1. The quantitative estimate of drug-likeness (QED) is 0.362. The molecule has 0 aliphatic heterocycles. The van der Waals surface area contributed by atoms with E-state index in [4.69, 9.17) is 21.1 Å². The number of carbonyl (C=O) groups is 1. The third-order valence-corrected chi connectivity index (χ3v) is 6.44. The topological polar surface area (TPSA) is 91.6 Å². The van der Waals surface area contributed by atoms with Gasteiger partial charge in [0.25, 0.3) is 11.5 Å². The fourth-order valence-corrected chi connectivity index (χ4v) is 4.39. The number of halogens is 2. The number of nitrogens with one attached hydrogen (secondary N) is 1. The molecule has 4 rings (SSSR count). The minimum Gasteiger partial charge on any atom is -0.493 e. The maximum atomic E-state index is 14.7. The van der Waals surface area contributed by atoms with Crippen molar-refractivity contribution < 1.29 is 18.7 Å². The lowest BCUT2D eigenvalue weighted by atomic mass is 10.1. The number of aromatic nitrogens is 2. The molecule has 3 aromatic carbocycles. The smallest absolute Gasteiger partial charge is 0.332 e. The first-order valence-corrected chi connectivity index (χ1v) is 12.2. The second-order valence-electron chi connectivity index (χ2n) is 9.01. The minimum atomic E-state index is -0.657. The van der Waals surface area contributed by atoms with Gasteiger partial charge in [0.05, 0.1) is 38.2 Å². The molecule has 0 aliphatic carbocycles. The van der Waals surface area contributed by atoms with E-state index in [0.717, 1.165) is 4.57 Å². The number of hydrogen-bond donors (Lipinski definition) is 1. The van der Waals surface area contributed by atoms with Crippen molar-refractivity contribution in [3.8, 4) is 11.5 Å². The highest BCUT2D eigenvalue weighted by molar-refractivity contribution is 6.31. The molecular weight excluding hydrogens is 513 g/mol. The molecule has 1 N–H and O–H groups in total. The zero-order valence-corrected chi connectivity index (χ0v) is 22.1. The predicted octanol–water partition coefficient (Wildman–Crippen LogP) is 4.21. The van der Waals surface area contributed by atoms with Gasteiger partial charge in [0, 0.05) is 28.3 Å². The van der Waals surface area contributed by atoms with E-state index in [9.17, 15) is 18.8 Å². The van der Waals surface area contributed by atoms with Gasteiger partial charge in [-0.2, -0.15) is 0 Å². The van der Waals surface area contributed by atoms with Gasteiger partial charge in [0.2, 0.25) is 0 Å². The van der Waals surface area contributed by atoms with E-state index in [0.29, 0.717) is 22.6 Å². The Labute approximate surface area is 223 Å². The first-order chi connectivity index (χ1) is 18.1. The summed E-state index contributed by atoms with van der Waals surface area (Å²) in [5, 5.41) is 3.15. The molecule has 198 valence electrons. The summed E-state index contributed by atoms with van der Waals surface area (Å²) < 4.78 is 27.8. The average molecular weight is 540 g/mol. The van der Waals surface area contributed by atoms with Crippen LogP contribution in [0.3, 0.4) is 0 Å². The zero-order chi connectivity index (χ0) is 27.6. The molecule has 1 amide bonds. The van der Waals surface area contributed by atoms with Crippen LogP contribution >= 0.6 is 11.6 Å². The molecule has 4 aromatic rings. The van der Waals surface area contributed by atoms with Gasteiger partial charge in [0.15, 0.2) is 11.5 Å². The first kappa shape index (κ1) is 26.9. The molecule has 38 heavy (non-hydrogen) atoms. The van der Waals surface area contributed by atoms with E-state index >= 15 is 0 Å². The molecule has 8 nitrogen and oxygen atoms in total. The summed E-state index contributed by atoms with van der Waals surface area (Å²) in [6, 6.07) is 13.9. The molecule has 0 aliphatic rings. The molecule has 1 aromatic heterocycles. The standard InChI is InChI=1S/C28H27ClFN3O5/c1-16(2)31-26(34)18-10-8-17(9-11-18)14-33-27(35)19-12-24(37-3)25(38-4)13-23(19)32(28(33)36)15-20-21(29)6-5-7-22(20)30/h5-13,16H,14-15H2,1-4H3,(H,31,34). The number of rotatable bonds is 8. The Kier molecular flexibility index (Phi) is 7.87. The highest BCUT2D eigenvalue weighted by Gasteiger charge is 2.19. The average Bonchev–Trinajstić information content (AvgIpc) is 2.89. The van der Waals surface area contributed by atoms with Gasteiger partial charge in [-0.25, -0.2) is 9.18 Å². The van der Waals surface area contributed by atoms with Crippen LogP contribution in [-0.2, 0) is 13.1 Å². The van der Waals surface area contributed by atoms with E-state index in [1.807, 2.05) is 13.8 Å². The summed E-state index contributed by atoms with van der Waals surface area (Å²) in [5.74, 6) is -0.191. The van der Waals surface area contributed by atoms with Crippen molar-refractivity contribution in [2.24, 2.45) is 0 Å². The number of amides is 1.